The molecule has 7 nitrogen and oxygen atoms in total. The molecule has 1 heterocycles. The summed E-state index contributed by atoms with van der Waals surface area (Å²) in [6.45, 7) is 6.49. The van der Waals surface area contributed by atoms with Crippen molar-refractivity contribution < 1.29 is 19.1 Å². The second-order valence-corrected chi connectivity index (χ2v) is 6.90. The third kappa shape index (κ3) is 5.62. The molecule has 144 valence electrons. The molecule has 0 aliphatic carbocycles. The minimum Gasteiger partial charge on any atom is -0.497 e. The highest BCUT2D eigenvalue weighted by atomic mass is 16.5. The molecule has 2 rings (SSSR count). The van der Waals surface area contributed by atoms with Gasteiger partial charge in [0.15, 0.2) is 0 Å². The highest BCUT2D eigenvalue weighted by molar-refractivity contribution is 5.88. The van der Waals surface area contributed by atoms with Crippen molar-refractivity contribution in [3.63, 3.8) is 0 Å². The Morgan fingerprint density at radius 3 is 2.50 bits per heavy atom. The van der Waals surface area contributed by atoms with Crippen molar-refractivity contribution in [3.05, 3.63) is 23.8 Å². The fourth-order valence-electron chi connectivity index (χ4n) is 2.93. The lowest BCUT2D eigenvalue weighted by Gasteiger charge is -2.34. The molecular weight excluding hydrogens is 334 g/mol. The number of hydrogen-bond donors (Lipinski definition) is 2. The summed E-state index contributed by atoms with van der Waals surface area (Å²) in [7, 11) is 3.21. The van der Waals surface area contributed by atoms with Gasteiger partial charge in [0, 0.05) is 32.2 Å². The minimum absolute atomic E-state index is 0.103. The number of carbonyl (C=O) groups is 2. The largest absolute Gasteiger partial charge is 0.497 e. The maximum absolute atomic E-state index is 12.3. The molecule has 0 saturated carbocycles. The lowest BCUT2D eigenvalue weighted by Crippen LogP contribution is -2.56. The summed E-state index contributed by atoms with van der Waals surface area (Å²) in [5.41, 5.74) is 0.975. The van der Waals surface area contributed by atoms with Crippen LogP contribution in [0.25, 0.3) is 0 Å². The van der Waals surface area contributed by atoms with E-state index in [9.17, 15) is 9.59 Å². The third-order valence-corrected chi connectivity index (χ3v) is 4.32. The zero-order valence-corrected chi connectivity index (χ0v) is 16.0. The molecular formula is C19H29N3O4. The van der Waals surface area contributed by atoms with Crippen LogP contribution in [0.3, 0.4) is 0 Å². The second-order valence-electron chi connectivity index (χ2n) is 6.90. The summed E-state index contributed by atoms with van der Waals surface area (Å²) >= 11 is 0. The van der Waals surface area contributed by atoms with Gasteiger partial charge < -0.3 is 20.1 Å². The van der Waals surface area contributed by atoms with Gasteiger partial charge in [0.05, 0.1) is 26.7 Å². The van der Waals surface area contributed by atoms with E-state index in [-0.39, 0.29) is 18.2 Å². The van der Waals surface area contributed by atoms with Gasteiger partial charge in [0.1, 0.15) is 11.5 Å². The van der Waals surface area contributed by atoms with Gasteiger partial charge in [-0.05, 0) is 23.6 Å². The molecule has 1 aliphatic heterocycles. The first kappa shape index (κ1) is 20.0. The number of nitrogens with zero attached hydrogens (tertiary/aromatic N) is 1. The Morgan fingerprint density at radius 1 is 1.27 bits per heavy atom. The van der Waals surface area contributed by atoms with Crippen molar-refractivity contribution >= 4 is 11.8 Å². The predicted molar refractivity (Wildman–Crippen MR) is 99.2 cm³/mol. The van der Waals surface area contributed by atoms with Gasteiger partial charge >= 0.3 is 0 Å². The van der Waals surface area contributed by atoms with Crippen LogP contribution in [-0.2, 0) is 16.1 Å². The molecule has 1 aliphatic rings. The molecule has 2 amide bonds. The molecule has 0 spiro atoms. The summed E-state index contributed by atoms with van der Waals surface area (Å²) in [4.78, 5) is 26.6. The van der Waals surface area contributed by atoms with E-state index < -0.39 is 6.04 Å². The van der Waals surface area contributed by atoms with E-state index in [1.165, 1.54) is 0 Å². The lowest BCUT2D eigenvalue weighted by atomic mass is 10.1. The van der Waals surface area contributed by atoms with Crippen LogP contribution in [0.1, 0.15) is 25.8 Å². The molecule has 1 fully saturated rings. The zero-order chi connectivity index (χ0) is 19.1. The first-order chi connectivity index (χ1) is 12.4. The molecule has 26 heavy (non-hydrogen) atoms. The van der Waals surface area contributed by atoms with Crippen molar-refractivity contribution in [1.82, 2.24) is 15.5 Å². The Bertz CT molecular complexity index is 611. The van der Waals surface area contributed by atoms with Gasteiger partial charge in [-0.3, -0.25) is 14.5 Å². The molecule has 0 aromatic heterocycles. The summed E-state index contributed by atoms with van der Waals surface area (Å²) < 4.78 is 10.6. The maximum Gasteiger partial charge on any atom is 0.237 e. The number of methoxy groups -OCH3 is 2. The van der Waals surface area contributed by atoms with Crippen LogP contribution in [0.5, 0.6) is 11.5 Å². The highest BCUT2D eigenvalue weighted by Gasteiger charge is 2.31. The average Bonchev–Trinajstić information content (AvgIpc) is 2.62. The van der Waals surface area contributed by atoms with Gasteiger partial charge in [-0.25, -0.2) is 0 Å². The molecule has 1 aromatic rings. The molecule has 2 N–H and O–H groups in total. The lowest BCUT2D eigenvalue weighted by molar-refractivity contribution is -0.134. The SMILES string of the molecule is COc1cc(CN2CCNC(=O)[C@@H]2CC(=O)NCC(C)C)cc(OC)c1. The molecule has 1 atom stereocenters. The zero-order valence-electron chi connectivity index (χ0n) is 16.0. The summed E-state index contributed by atoms with van der Waals surface area (Å²) in [6.07, 6.45) is 0.152. The number of piperazine rings is 1. The van der Waals surface area contributed by atoms with E-state index >= 15 is 0 Å². The Hall–Kier alpha value is -2.28. The fraction of sp³-hybridized carbons (Fsp3) is 0.579. The highest BCUT2D eigenvalue weighted by Crippen LogP contribution is 2.24. The third-order valence-electron chi connectivity index (χ3n) is 4.32. The van der Waals surface area contributed by atoms with Gasteiger partial charge in [0.25, 0.3) is 0 Å². The van der Waals surface area contributed by atoms with Crippen molar-refractivity contribution in [1.29, 1.82) is 0 Å². The minimum atomic E-state index is -0.479. The fourth-order valence-corrected chi connectivity index (χ4v) is 2.93. The van der Waals surface area contributed by atoms with Gasteiger partial charge in [0.2, 0.25) is 11.8 Å². The van der Waals surface area contributed by atoms with Crippen LogP contribution >= 0.6 is 0 Å². The molecule has 1 aromatic carbocycles. The van der Waals surface area contributed by atoms with Crippen molar-refractivity contribution in [2.24, 2.45) is 5.92 Å². The second kappa shape index (κ2) is 9.43. The van der Waals surface area contributed by atoms with E-state index in [1.54, 1.807) is 14.2 Å². The van der Waals surface area contributed by atoms with E-state index in [0.717, 1.165) is 5.56 Å². The van der Waals surface area contributed by atoms with Gasteiger partial charge in [-0.15, -0.1) is 0 Å². The average molecular weight is 363 g/mol. The number of hydrogen-bond acceptors (Lipinski definition) is 5. The Labute approximate surface area is 155 Å². The number of nitrogens with one attached hydrogen (secondary N) is 2. The first-order valence-corrected chi connectivity index (χ1v) is 8.93. The van der Waals surface area contributed by atoms with Gasteiger partial charge in [-0.1, -0.05) is 13.8 Å². The van der Waals surface area contributed by atoms with E-state index in [0.29, 0.717) is 43.6 Å². The predicted octanol–water partition coefficient (Wildman–Crippen LogP) is 1.17. The Morgan fingerprint density at radius 2 is 1.92 bits per heavy atom. The Kier molecular flexibility index (Phi) is 7.26. The van der Waals surface area contributed by atoms with Crippen LogP contribution in [0.2, 0.25) is 0 Å². The van der Waals surface area contributed by atoms with Crippen molar-refractivity contribution in [3.8, 4) is 11.5 Å². The van der Waals surface area contributed by atoms with Crippen molar-refractivity contribution in [2.75, 3.05) is 33.9 Å². The molecule has 0 radical (unpaired) electrons. The summed E-state index contributed by atoms with van der Waals surface area (Å²) in [5, 5.41) is 5.74. The van der Waals surface area contributed by atoms with Crippen LogP contribution in [0, 0.1) is 5.92 Å². The monoisotopic (exact) mass is 363 g/mol. The standard InChI is InChI=1S/C19H29N3O4/c1-13(2)11-21-18(23)10-17-19(24)20-5-6-22(17)12-14-7-15(25-3)9-16(8-14)26-4/h7-9,13,17H,5-6,10-12H2,1-4H3,(H,20,24)(H,21,23)/t17-/m0/s1. The molecule has 7 heteroatoms. The van der Waals surface area contributed by atoms with Crippen LogP contribution < -0.4 is 20.1 Å². The van der Waals surface area contributed by atoms with Crippen LogP contribution in [0.15, 0.2) is 18.2 Å². The molecule has 0 bridgehead atoms. The maximum atomic E-state index is 12.3. The normalized spacial score (nSPS) is 17.7. The summed E-state index contributed by atoms with van der Waals surface area (Å²) in [6, 6.07) is 5.17. The van der Waals surface area contributed by atoms with E-state index in [1.807, 2.05) is 36.9 Å². The number of amides is 2. The van der Waals surface area contributed by atoms with Crippen molar-refractivity contribution in [2.45, 2.75) is 32.9 Å². The number of carbonyl (C=O) groups excluding carboxylic acids is 2. The molecule has 1 saturated heterocycles. The smallest absolute Gasteiger partial charge is 0.237 e. The van der Waals surface area contributed by atoms with E-state index in [2.05, 4.69) is 10.6 Å². The number of ether oxygens (including phenoxy) is 2. The summed E-state index contributed by atoms with van der Waals surface area (Å²) in [5.74, 6) is 1.57. The van der Waals surface area contributed by atoms with Crippen LogP contribution in [0.4, 0.5) is 0 Å². The quantitative estimate of drug-likeness (QED) is 0.725. The van der Waals surface area contributed by atoms with Crippen LogP contribution in [-0.4, -0.2) is 56.6 Å². The molecule has 0 unspecified atom stereocenters. The first-order valence-electron chi connectivity index (χ1n) is 8.93. The van der Waals surface area contributed by atoms with E-state index in [4.69, 9.17) is 9.47 Å². The Balaban J connectivity index is 2.10. The topological polar surface area (TPSA) is 79.9 Å². The number of benzene rings is 1. The number of rotatable bonds is 8. The van der Waals surface area contributed by atoms with Gasteiger partial charge in [-0.2, -0.15) is 0 Å².